The predicted molar refractivity (Wildman–Crippen MR) is 68.9 cm³/mol. The van der Waals surface area contributed by atoms with Gasteiger partial charge in [0.25, 0.3) is 0 Å². The standard InChI is InChI=1S/C12H19N3OS/c1-7-11(17-9(3)14-7)8(2)15-6-4-5-10(13)12(15)16/h8,10H,4-6,13H2,1-3H3. The van der Waals surface area contributed by atoms with Crippen molar-refractivity contribution in [3.8, 4) is 0 Å². The van der Waals surface area contributed by atoms with Gasteiger partial charge >= 0.3 is 0 Å². The molecule has 1 aliphatic heterocycles. The number of carbonyl (C=O) groups is 1. The van der Waals surface area contributed by atoms with Gasteiger partial charge in [-0.05, 0) is 33.6 Å². The minimum atomic E-state index is -0.319. The number of carbonyl (C=O) groups excluding carboxylic acids is 1. The molecule has 0 bridgehead atoms. The van der Waals surface area contributed by atoms with Crippen molar-refractivity contribution in [1.82, 2.24) is 9.88 Å². The summed E-state index contributed by atoms with van der Waals surface area (Å²) in [6, 6.07) is -0.222. The highest BCUT2D eigenvalue weighted by Gasteiger charge is 2.31. The largest absolute Gasteiger partial charge is 0.334 e. The average Bonchev–Trinajstić information content (AvgIpc) is 2.61. The normalized spacial score (nSPS) is 22.9. The van der Waals surface area contributed by atoms with Gasteiger partial charge in [0.1, 0.15) is 0 Å². The summed E-state index contributed by atoms with van der Waals surface area (Å²) in [5.41, 5.74) is 6.86. The third-order valence-electron chi connectivity index (χ3n) is 3.30. The number of hydrogen-bond donors (Lipinski definition) is 1. The maximum absolute atomic E-state index is 12.0. The van der Waals surface area contributed by atoms with Gasteiger partial charge in [-0.2, -0.15) is 0 Å². The Morgan fingerprint density at radius 2 is 2.24 bits per heavy atom. The molecule has 2 atom stereocenters. The maximum atomic E-state index is 12.0. The Hall–Kier alpha value is -0.940. The Balaban J connectivity index is 2.22. The molecule has 2 rings (SSSR count). The molecule has 2 N–H and O–H groups in total. The lowest BCUT2D eigenvalue weighted by molar-refractivity contribution is -0.137. The van der Waals surface area contributed by atoms with E-state index in [9.17, 15) is 4.79 Å². The van der Waals surface area contributed by atoms with Crippen LogP contribution in [0.25, 0.3) is 0 Å². The Bertz CT molecular complexity index is 429. The molecule has 0 aliphatic carbocycles. The Morgan fingerprint density at radius 1 is 1.53 bits per heavy atom. The molecule has 0 spiro atoms. The number of nitrogens with two attached hydrogens (primary N) is 1. The fraction of sp³-hybridized carbons (Fsp3) is 0.667. The summed E-state index contributed by atoms with van der Waals surface area (Å²) < 4.78 is 0. The van der Waals surface area contributed by atoms with E-state index in [0.717, 1.165) is 30.1 Å². The second kappa shape index (κ2) is 4.74. The molecule has 1 fully saturated rings. The number of nitrogens with zero attached hydrogens (tertiary/aromatic N) is 2. The number of hydrogen-bond acceptors (Lipinski definition) is 4. The van der Waals surface area contributed by atoms with Crippen molar-refractivity contribution < 1.29 is 4.79 Å². The first-order valence-electron chi connectivity index (χ1n) is 6.00. The highest BCUT2D eigenvalue weighted by Crippen LogP contribution is 2.31. The van der Waals surface area contributed by atoms with Crippen LogP contribution in [0.1, 0.15) is 41.4 Å². The molecule has 2 heterocycles. The van der Waals surface area contributed by atoms with Gasteiger partial charge in [0.05, 0.1) is 22.8 Å². The van der Waals surface area contributed by atoms with Gasteiger partial charge in [0.2, 0.25) is 5.91 Å². The van der Waals surface area contributed by atoms with Crippen molar-refractivity contribution in [3.05, 3.63) is 15.6 Å². The van der Waals surface area contributed by atoms with Crippen LogP contribution in [0.3, 0.4) is 0 Å². The van der Waals surface area contributed by atoms with Gasteiger partial charge in [-0.25, -0.2) is 4.98 Å². The fourth-order valence-electron chi connectivity index (χ4n) is 2.39. The van der Waals surface area contributed by atoms with Crippen LogP contribution in [0, 0.1) is 13.8 Å². The monoisotopic (exact) mass is 253 g/mol. The van der Waals surface area contributed by atoms with Crippen LogP contribution in [-0.4, -0.2) is 28.4 Å². The van der Waals surface area contributed by atoms with Gasteiger partial charge in [-0.15, -0.1) is 11.3 Å². The summed E-state index contributed by atoms with van der Waals surface area (Å²) >= 11 is 1.67. The molecule has 4 nitrogen and oxygen atoms in total. The lowest BCUT2D eigenvalue weighted by Crippen LogP contribution is -2.49. The summed E-state index contributed by atoms with van der Waals surface area (Å²) in [6.07, 6.45) is 1.80. The van der Waals surface area contributed by atoms with Crippen LogP contribution >= 0.6 is 11.3 Å². The zero-order valence-electron chi connectivity index (χ0n) is 10.6. The third-order valence-corrected chi connectivity index (χ3v) is 4.54. The number of thiazole rings is 1. The van der Waals surface area contributed by atoms with Crippen LogP contribution < -0.4 is 5.73 Å². The van der Waals surface area contributed by atoms with Crippen LogP contribution in [0.15, 0.2) is 0 Å². The minimum Gasteiger partial charge on any atom is -0.334 e. The van der Waals surface area contributed by atoms with E-state index in [4.69, 9.17) is 5.73 Å². The molecule has 0 radical (unpaired) electrons. The van der Waals surface area contributed by atoms with Gasteiger partial charge in [0.15, 0.2) is 0 Å². The molecule has 0 saturated carbocycles. The van der Waals surface area contributed by atoms with Crippen LogP contribution in [-0.2, 0) is 4.79 Å². The molecule has 1 amide bonds. The number of aryl methyl sites for hydroxylation is 2. The van der Waals surface area contributed by atoms with E-state index in [1.54, 1.807) is 11.3 Å². The third kappa shape index (κ3) is 2.35. The van der Waals surface area contributed by atoms with Gasteiger partial charge < -0.3 is 10.6 Å². The summed E-state index contributed by atoms with van der Waals surface area (Å²) in [4.78, 5) is 19.5. The molecule has 1 aromatic heterocycles. The first kappa shape index (κ1) is 12.5. The second-order valence-corrected chi connectivity index (χ2v) is 5.87. The SMILES string of the molecule is Cc1nc(C)c(C(C)N2CCCC(N)C2=O)s1. The van der Waals surface area contributed by atoms with Crippen molar-refractivity contribution in [2.24, 2.45) is 5.73 Å². The first-order chi connectivity index (χ1) is 8.00. The molecule has 17 heavy (non-hydrogen) atoms. The minimum absolute atomic E-state index is 0.0780. The number of likely N-dealkylation sites (tertiary alicyclic amines) is 1. The highest BCUT2D eigenvalue weighted by molar-refractivity contribution is 7.11. The van der Waals surface area contributed by atoms with E-state index in [2.05, 4.69) is 11.9 Å². The predicted octanol–water partition coefficient (Wildman–Crippen LogP) is 1.77. The molecule has 2 unspecified atom stereocenters. The van der Waals surface area contributed by atoms with E-state index in [1.165, 1.54) is 4.88 Å². The van der Waals surface area contributed by atoms with Crippen LogP contribution in [0.5, 0.6) is 0 Å². The Morgan fingerprint density at radius 3 is 2.82 bits per heavy atom. The summed E-state index contributed by atoms with van der Waals surface area (Å²) in [7, 11) is 0. The van der Waals surface area contributed by atoms with Crippen LogP contribution in [0.4, 0.5) is 0 Å². The first-order valence-corrected chi connectivity index (χ1v) is 6.82. The zero-order chi connectivity index (χ0) is 12.6. The van der Waals surface area contributed by atoms with Gasteiger partial charge in [-0.3, -0.25) is 4.79 Å². The number of amides is 1. The lowest BCUT2D eigenvalue weighted by atomic mass is 10.0. The summed E-state index contributed by atoms with van der Waals surface area (Å²) in [5.74, 6) is 0.0780. The molecular formula is C12H19N3OS. The Labute approximate surface area is 106 Å². The average molecular weight is 253 g/mol. The topological polar surface area (TPSA) is 59.2 Å². The zero-order valence-corrected chi connectivity index (χ0v) is 11.4. The number of piperidine rings is 1. The van der Waals surface area contributed by atoms with Crippen molar-refractivity contribution in [3.63, 3.8) is 0 Å². The molecule has 94 valence electrons. The highest BCUT2D eigenvalue weighted by atomic mass is 32.1. The lowest BCUT2D eigenvalue weighted by Gasteiger charge is -2.35. The van der Waals surface area contributed by atoms with Gasteiger partial charge in [-0.1, -0.05) is 0 Å². The van der Waals surface area contributed by atoms with Crippen molar-refractivity contribution in [2.45, 2.75) is 45.7 Å². The molecular weight excluding hydrogens is 234 g/mol. The van der Waals surface area contributed by atoms with Crippen molar-refractivity contribution in [1.29, 1.82) is 0 Å². The molecule has 5 heteroatoms. The van der Waals surface area contributed by atoms with E-state index in [1.807, 2.05) is 18.7 Å². The fourth-order valence-corrected chi connectivity index (χ4v) is 3.38. The smallest absolute Gasteiger partial charge is 0.240 e. The van der Waals surface area contributed by atoms with E-state index in [-0.39, 0.29) is 18.0 Å². The Kier molecular flexibility index (Phi) is 3.49. The summed E-state index contributed by atoms with van der Waals surface area (Å²) in [6.45, 7) is 6.88. The number of aromatic nitrogens is 1. The van der Waals surface area contributed by atoms with Crippen molar-refractivity contribution in [2.75, 3.05) is 6.54 Å². The second-order valence-electron chi connectivity index (χ2n) is 4.64. The summed E-state index contributed by atoms with van der Waals surface area (Å²) in [5, 5.41) is 1.05. The van der Waals surface area contributed by atoms with Crippen molar-refractivity contribution >= 4 is 17.2 Å². The molecule has 1 aromatic rings. The number of rotatable bonds is 2. The van der Waals surface area contributed by atoms with E-state index in [0.29, 0.717) is 0 Å². The molecule has 0 aromatic carbocycles. The van der Waals surface area contributed by atoms with Gasteiger partial charge in [0, 0.05) is 11.4 Å². The molecule has 1 saturated heterocycles. The molecule has 1 aliphatic rings. The van der Waals surface area contributed by atoms with E-state index < -0.39 is 0 Å². The van der Waals surface area contributed by atoms with E-state index >= 15 is 0 Å². The maximum Gasteiger partial charge on any atom is 0.240 e. The van der Waals surface area contributed by atoms with Crippen LogP contribution in [0.2, 0.25) is 0 Å². The quantitative estimate of drug-likeness (QED) is 0.874.